The fourth-order valence-electron chi connectivity index (χ4n) is 1.44. The van der Waals surface area contributed by atoms with Crippen LogP contribution in [-0.4, -0.2) is 37.1 Å². The molecule has 1 N–H and O–H groups in total. The van der Waals surface area contributed by atoms with Gasteiger partial charge in [-0.2, -0.15) is 11.8 Å². The Kier molecular flexibility index (Phi) is 6.92. The summed E-state index contributed by atoms with van der Waals surface area (Å²) in [5, 5.41) is 4.58. The minimum Gasteiger partial charge on any atom is -0.350 e. The first-order valence-electron chi connectivity index (χ1n) is 6.06. The Morgan fingerprint density at radius 3 is 2.88 bits per heavy atom. The second-order valence-corrected chi connectivity index (χ2v) is 6.14. The third kappa shape index (κ3) is 4.85. The predicted octanol–water partition coefficient (Wildman–Crippen LogP) is 2.75. The summed E-state index contributed by atoms with van der Waals surface area (Å²) in [4.78, 5) is 8.25. The molecule has 0 aromatic carbocycles. The van der Waals surface area contributed by atoms with Crippen molar-refractivity contribution in [3.05, 3.63) is 10.6 Å². The molecule has 1 aromatic heterocycles. The van der Waals surface area contributed by atoms with E-state index in [1.54, 1.807) is 0 Å². The molecule has 0 radical (unpaired) electrons. The summed E-state index contributed by atoms with van der Waals surface area (Å²) in [5.74, 6) is 1.15. The van der Waals surface area contributed by atoms with Gasteiger partial charge in [-0.1, -0.05) is 6.92 Å². The van der Waals surface area contributed by atoms with Crippen LogP contribution in [0.25, 0.3) is 0 Å². The van der Waals surface area contributed by atoms with Crippen molar-refractivity contribution in [3.8, 4) is 0 Å². The van der Waals surface area contributed by atoms with Gasteiger partial charge in [-0.3, -0.25) is 0 Å². The van der Waals surface area contributed by atoms with Crippen LogP contribution in [0.2, 0.25) is 0 Å². The highest BCUT2D eigenvalue weighted by atomic mass is 32.2. The number of hydrogen-bond donors (Lipinski definition) is 1. The highest BCUT2D eigenvalue weighted by molar-refractivity contribution is 7.98. The Labute approximate surface area is 113 Å². The van der Waals surface area contributed by atoms with Gasteiger partial charge in [0.25, 0.3) is 0 Å². The van der Waals surface area contributed by atoms with Crippen molar-refractivity contribution in [2.45, 2.75) is 26.8 Å². The van der Waals surface area contributed by atoms with Gasteiger partial charge in [0.05, 0.1) is 5.69 Å². The Morgan fingerprint density at radius 1 is 1.47 bits per heavy atom. The average Bonchev–Trinajstić information content (AvgIpc) is 2.68. The Bertz CT molecular complexity index is 326. The van der Waals surface area contributed by atoms with Gasteiger partial charge >= 0.3 is 0 Å². The van der Waals surface area contributed by atoms with E-state index in [1.165, 1.54) is 17.0 Å². The van der Waals surface area contributed by atoms with E-state index in [2.05, 4.69) is 42.4 Å². The molecule has 0 bridgehead atoms. The van der Waals surface area contributed by atoms with Crippen LogP contribution in [0.3, 0.4) is 0 Å². The molecule has 0 unspecified atom stereocenters. The number of anilines is 1. The molecule has 17 heavy (non-hydrogen) atoms. The van der Waals surface area contributed by atoms with Crippen molar-refractivity contribution in [2.75, 3.05) is 37.0 Å². The first-order valence-corrected chi connectivity index (χ1v) is 8.27. The zero-order chi connectivity index (χ0) is 12.7. The van der Waals surface area contributed by atoms with Gasteiger partial charge in [-0.05, 0) is 26.1 Å². The number of aryl methyl sites for hydroxylation is 1. The van der Waals surface area contributed by atoms with E-state index in [9.17, 15) is 0 Å². The van der Waals surface area contributed by atoms with Crippen LogP contribution in [0.1, 0.15) is 23.9 Å². The summed E-state index contributed by atoms with van der Waals surface area (Å²) in [5.41, 5.74) is 1.17. The molecule has 0 saturated carbocycles. The highest BCUT2D eigenvalue weighted by Gasteiger charge is 2.10. The van der Waals surface area contributed by atoms with Gasteiger partial charge < -0.3 is 10.2 Å². The molecule has 0 atom stereocenters. The SMILES string of the molecule is CCCNCc1sc(N(C)CCSC)nc1C. The third-order valence-electron chi connectivity index (χ3n) is 2.55. The zero-order valence-corrected chi connectivity index (χ0v) is 12.9. The maximum absolute atomic E-state index is 4.64. The lowest BCUT2D eigenvalue weighted by atomic mass is 10.4. The van der Waals surface area contributed by atoms with Crippen LogP contribution in [0, 0.1) is 6.92 Å². The van der Waals surface area contributed by atoms with Crippen LogP contribution in [-0.2, 0) is 6.54 Å². The summed E-state index contributed by atoms with van der Waals surface area (Å²) < 4.78 is 0. The zero-order valence-electron chi connectivity index (χ0n) is 11.2. The summed E-state index contributed by atoms with van der Waals surface area (Å²) in [6.07, 6.45) is 3.32. The van der Waals surface area contributed by atoms with Gasteiger partial charge in [0.2, 0.25) is 0 Å². The largest absolute Gasteiger partial charge is 0.350 e. The first kappa shape index (κ1) is 14.8. The molecule has 0 fully saturated rings. The van der Waals surface area contributed by atoms with E-state index in [0.29, 0.717) is 0 Å². The molecule has 1 rings (SSSR count). The average molecular weight is 273 g/mol. The van der Waals surface area contributed by atoms with E-state index in [4.69, 9.17) is 0 Å². The number of hydrogen-bond acceptors (Lipinski definition) is 5. The van der Waals surface area contributed by atoms with E-state index >= 15 is 0 Å². The topological polar surface area (TPSA) is 28.2 Å². The van der Waals surface area contributed by atoms with Gasteiger partial charge in [0.1, 0.15) is 0 Å². The minimum atomic E-state index is 0.952. The number of thiazole rings is 1. The fraction of sp³-hybridized carbons (Fsp3) is 0.750. The lowest BCUT2D eigenvalue weighted by Crippen LogP contribution is -2.19. The molecule has 0 aliphatic heterocycles. The smallest absolute Gasteiger partial charge is 0.185 e. The van der Waals surface area contributed by atoms with Gasteiger partial charge in [-0.25, -0.2) is 4.98 Å². The maximum Gasteiger partial charge on any atom is 0.185 e. The van der Waals surface area contributed by atoms with Gasteiger partial charge in [0, 0.05) is 30.8 Å². The number of rotatable bonds is 8. The number of thioether (sulfide) groups is 1. The predicted molar refractivity (Wildman–Crippen MR) is 80.5 cm³/mol. The molecule has 5 heteroatoms. The van der Waals surface area contributed by atoms with Crippen molar-refractivity contribution in [3.63, 3.8) is 0 Å². The van der Waals surface area contributed by atoms with Crippen molar-refractivity contribution >= 4 is 28.2 Å². The monoisotopic (exact) mass is 273 g/mol. The quantitative estimate of drug-likeness (QED) is 0.737. The second-order valence-electron chi connectivity index (χ2n) is 4.10. The highest BCUT2D eigenvalue weighted by Crippen LogP contribution is 2.25. The normalized spacial score (nSPS) is 10.8. The van der Waals surface area contributed by atoms with Crippen molar-refractivity contribution in [1.29, 1.82) is 0 Å². The summed E-state index contributed by atoms with van der Waals surface area (Å²) >= 11 is 3.69. The minimum absolute atomic E-state index is 0.952. The maximum atomic E-state index is 4.64. The molecule has 0 spiro atoms. The molecule has 1 heterocycles. The molecule has 0 saturated heterocycles. The molecule has 3 nitrogen and oxygen atoms in total. The lowest BCUT2D eigenvalue weighted by Gasteiger charge is -2.14. The Hall–Kier alpha value is -0.260. The molecule has 0 aliphatic carbocycles. The van der Waals surface area contributed by atoms with Crippen LogP contribution in [0.15, 0.2) is 0 Å². The molecule has 0 amide bonds. The van der Waals surface area contributed by atoms with Crippen LogP contribution in [0.5, 0.6) is 0 Å². The van der Waals surface area contributed by atoms with Crippen molar-refractivity contribution in [2.24, 2.45) is 0 Å². The summed E-state index contributed by atoms with van der Waals surface area (Å²) in [7, 11) is 2.12. The van der Waals surface area contributed by atoms with E-state index in [-0.39, 0.29) is 0 Å². The van der Waals surface area contributed by atoms with Crippen LogP contribution < -0.4 is 10.2 Å². The van der Waals surface area contributed by atoms with Gasteiger partial charge in [0.15, 0.2) is 5.13 Å². The molecular formula is C12H23N3S2. The molecular weight excluding hydrogens is 250 g/mol. The second kappa shape index (κ2) is 7.95. The summed E-state index contributed by atoms with van der Waals surface area (Å²) in [6, 6.07) is 0. The molecule has 1 aromatic rings. The van der Waals surface area contributed by atoms with E-state index < -0.39 is 0 Å². The van der Waals surface area contributed by atoms with Crippen LogP contribution >= 0.6 is 23.1 Å². The van der Waals surface area contributed by atoms with Crippen molar-refractivity contribution < 1.29 is 0 Å². The lowest BCUT2D eigenvalue weighted by molar-refractivity contribution is 0.678. The van der Waals surface area contributed by atoms with Crippen molar-refractivity contribution in [1.82, 2.24) is 10.3 Å². The Morgan fingerprint density at radius 2 is 2.24 bits per heavy atom. The molecule has 98 valence electrons. The fourth-order valence-corrected chi connectivity index (χ4v) is 2.92. The third-order valence-corrected chi connectivity index (χ3v) is 4.41. The first-order chi connectivity index (χ1) is 8.19. The number of aromatic nitrogens is 1. The summed E-state index contributed by atoms with van der Waals surface area (Å²) in [6.45, 7) is 7.39. The Balaban J connectivity index is 2.54. The van der Waals surface area contributed by atoms with E-state index in [1.807, 2.05) is 23.1 Å². The molecule has 0 aliphatic rings. The standard InChI is InChI=1S/C12H23N3S2/c1-5-6-13-9-11-10(2)14-12(17-11)15(3)7-8-16-4/h13H,5-9H2,1-4H3. The number of nitrogens with zero attached hydrogens (tertiary/aromatic N) is 2. The van der Waals surface area contributed by atoms with Crippen LogP contribution in [0.4, 0.5) is 5.13 Å². The van der Waals surface area contributed by atoms with Gasteiger partial charge in [-0.15, -0.1) is 11.3 Å². The van der Waals surface area contributed by atoms with E-state index in [0.717, 1.165) is 30.5 Å². The number of nitrogens with one attached hydrogen (secondary N) is 1.